The van der Waals surface area contributed by atoms with E-state index in [1.807, 2.05) is 6.92 Å². The number of amides is 5. The van der Waals surface area contributed by atoms with Gasteiger partial charge in [-0.2, -0.15) is 0 Å². The summed E-state index contributed by atoms with van der Waals surface area (Å²) in [6.45, 7) is 6.96. The van der Waals surface area contributed by atoms with E-state index < -0.39 is 79.8 Å². The lowest BCUT2D eigenvalue weighted by molar-refractivity contribution is -0.141. The van der Waals surface area contributed by atoms with Crippen LogP contribution < -0.4 is 15.4 Å². The Morgan fingerprint density at radius 1 is 1.04 bits per heavy atom. The topological polar surface area (TPSA) is 181 Å². The lowest BCUT2D eigenvalue weighted by Crippen LogP contribution is -2.59. The molecule has 16 heteroatoms. The maximum Gasteiger partial charge on any atom is 0.410 e. The molecule has 2 aliphatic carbocycles. The fraction of sp³-hybridized carbons (Fsp3) is 0.711. The highest BCUT2D eigenvalue weighted by atomic mass is 32.2. The molecule has 5 amide bonds. The van der Waals surface area contributed by atoms with E-state index in [9.17, 15) is 36.8 Å². The van der Waals surface area contributed by atoms with E-state index >= 15 is 0 Å². The van der Waals surface area contributed by atoms with Gasteiger partial charge in [0.05, 0.1) is 17.8 Å². The number of hydrogen-bond donors (Lipinski definition) is 3. The van der Waals surface area contributed by atoms with Crippen LogP contribution in [0.4, 0.5) is 14.0 Å². The molecule has 54 heavy (non-hydrogen) atoms. The van der Waals surface area contributed by atoms with Gasteiger partial charge < -0.3 is 25.0 Å². The van der Waals surface area contributed by atoms with Crippen LogP contribution >= 0.6 is 0 Å². The van der Waals surface area contributed by atoms with Crippen molar-refractivity contribution in [1.29, 1.82) is 0 Å². The Kier molecular flexibility index (Phi) is 11.3. The monoisotopic (exact) mass is 775 g/mol. The number of halogens is 1. The average molecular weight is 776 g/mol. The molecule has 2 saturated carbocycles. The number of nitrogens with zero attached hydrogens (tertiary/aromatic N) is 2. The lowest BCUT2D eigenvalue weighted by Gasteiger charge is -2.30. The zero-order valence-corrected chi connectivity index (χ0v) is 32.5. The van der Waals surface area contributed by atoms with Gasteiger partial charge in [0, 0.05) is 18.5 Å². The molecule has 1 aromatic carbocycles. The van der Waals surface area contributed by atoms with Gasteiger partial charge in [0.1, 0.15) is 35.1 Å². The van der Waals surface area contributed by atoms with E-state index in [0.29, 0.717) is 49.7 Å². The van der Waals surface area contributed by atoms with Gasteiger partial charge >= 0.3 is 12.2 Å². The summed E-state index contributed by atoms with van der Waals surface area (Å²) in [4.78, 5) is 71.7. The molecular weight excluding hydrogens is 722 g/mol. The summed E-state index contributed by atoms with van der Waals surface area (Å²) in [7, 11) is -4.02. The molecule has 6 rings (SSSR count). The number of benzene rings is 1. The largest absolute Gasteiger partial charge is 0.444 e. The van der Waals surface area contributed by atoms with Gasteiger partial charge in [-0.05, 0) is 76.8 Å². The first-order chi connectivity index (χ1) is 25.5. The summed E-state index contributed by atoms with van der Waals surface area (Å²) in [6.07, 6.45) is 4.34. The van der Waals surface area contributed by atoms with Crippen LogP contribution in [0.1, 0.15) is 122 Å². The van der Waals surface area contributed by atoms with Gasteiger partial charge in [0.15, 0.2) is 0 Å². The molecule has 4 fully saturated rings. The number of nitrogens with one attached hydrogen (secondary N) is 3. The maximum atomic E-state index is 14.5. The molecule has 0 unspecified atom stereocenters. The summed E-state index contributed by atoms with van der Waals surface area (Å²) in [6, 6.07) is 2.35. The van der Waals surface area contributed by atoms with Crippen LogP contribution in [0.25, 0.3) is 0 Å². The van der Waals surface area contributed by atoms with Crippen LogP contribution in [-0.2, 0) is 47.0 Å². The summed E-state index contributed by atoms with van der Waals surface area (Å²) in [5, 5.41) is 5.57. The van der Waals surface area contributed by atoms with Crippen molar-refractivity contribution in [2.45, 2.75) is 158 Å². The molecule has 3 N–H and O–H groups in total. The molecule has 298 valence electrons. The molecule has 0 radical (unpaired) electrons. The first-order valence-electron chi connectivity index (χ1n) is 19.4. The van der Waals surface area contributed by atoms with E-state index in [2.05, 4.69) is 15.4 Å². The molecule has 0 spiro atoms. The zero-order valence-electron chi connectivity index (χ0n) is 31.7. The number of ether oxygens (including phenoxy) is 2. The second kappa shape index (κ2) is 15.3. The Hall–Kier alpha value is -3.95. The van der Waals surface area contributed by atoms with Crippen molar-refractivity contribution in [3.63, 3.8) is 0 Å². The van der Waals surface area contributed by atoms with E-state index in [0.717, 1.165) is 25.7 Å². The highest BCUT2D eigenvalue weighted by Gasteiger charge is 2.64. The average Bonchev–Trinajstić information content (AvgIpc) is 3.91. The number of fused-ring (bicyclic) bond motifs is 3. The Labute approximate surface area is 316 Å². The van der Waals surface area contributed by atoms with E-state index in [-0.39, 0.29) is 44.8 Å². The van der Waals surface area contributed by atoms with Gasteiger partial charge in [-0.3, -0.25) is 24.0 Å². The van der Waals surface area contributed by atoms with Crippen molar-refractivity contribution in [2.75, 3.05) is 6.54 Å². The zero-order chi connectivity index (χ0) is 39.1. The molecule has 2 saturated heterocycles. The van der Waals surface area contributed by atoms with Crippen LogP contribution in [0, 0.1) is 11.7 Å². The number of rotatable bonds is 7. The third-order valence-corrected chi connectivity index (χ3v) is 13.7. The summed E-state index contributed by atoms with van der Waals surface area (Å²) in [5.74, 6) is -2.78. The minimum absolute atomic E-state index is 0.00344. The van der Waals surface area contributed by atoms with Crippen molar-refractivity contribution in [3.8, 4) is 0 Å². The van der Waals surface area contributed by atoms with Crippen LogP contribution in [0.3, 0.4) is 0 Å². The standard InChI is InChI=1S/C38H54FN5O9S/c1-5-16-37(17-18-37)54(50,51)42-33(47)38-20-25(38)13-9-7-6-8-10-15-29(40-34(48)53-36(2,3)4)32(46)44-22-26(19-30(44)31(45)41-38)52-35(49)43-21-24-12-11-14-28(39)27(24)23-43/h11-12,14,25-26,29-30H,5-10,13,15-23H2,1-4H3,(H,40,48)(H,41,45)(H,42,47)/t25-,26+,29-,30-,38+/m0/s1. The number of hydrogen-bond acceptors (Lipinski definition) is 9. The number of carbonyl (C=O) groups is 5. The first kappa shape index (κ1) is 39.7. The van der Waals surface area contributed by atoms with Crippen molar-refractivity contribution in [2.24, 2.45) is 5.92 Å². The molecular formula is C38H54FN5O9S. The number of carbonyl (C=O) groups excluding carboxylic acids is 5. The second-order valence-corrected chi connectivity index (χ2v) is 18.8. The third kappa shape index (κ3) is 8.47. The molecule has 5 atom stereocenters. The van der Waals surface area contributed by atoms with Crippen molar-refractivity contribution < 1.29 is 46.3 Å². The Morgan fingerprint density at radius 2 is 1.74 bits per heavy atom. The third-order valence-electron chi connectivity index (χ3n) is 11.5. The molecule has 14 nitrogen and oxygen atoms in total. The maximum absolute atomic E-state index is 14.5. The smallest absolute Gasteiger partial charge is 0.410 e. The van der Waals surface area contributed by atoms with Gasteiger partial charge in [-0.15, -0.1) is 0 Å². The minimum atomic E-state index is -4.02. The van der Waals surface area contributed by atoms with E-state index in [1.54, 1.807) is 32.9 Å². The second-order valence-electron chi connectivity index (χ2n) is 16.8. The Morgan fingerprint density at radius 3 is 2.41 bits per heavy atom. The quantitative estimate of drug-likeness (QED) is 0.359. The molecule has 1 aromatic rings. The molecule has 0 aromatic heterocycles. The van der Waals surface area contributed by atoms with Gasteiger partial charge in [0.25, 0.3) is 5.91 Å². The normalized spacial score (nSPS) is 28.3. The van der Waals surface area contributed by atoms with Crippen LogP contribution in [0.15, 0.2) is 18.2 Å². The number of sulfonamides is 1. The molecule has 0 bridgehead atoms. The van der Waals surface area contributed by atoms with Crippen LogP contribution in [0.2, 0.25) is 0 Å². The van der Waals surface area contributed by atoms with Gasteiger partial charge in [-0.25, -0.2) is 22.4 Å². The van der Waals surface area contributed by atoms with Crippen LogP contribution in [-0.4, -0.2) is 88.7 Å². The Bertz CT molecular complexity index is 1760. The van der Waals surface area contributed by atoms with E-state index in [1.165, 1.54) is 15.9 Å². The number of alkyl carbamates (subject to hydrolysis) is 1. The predicted molar refractivity (Wildman–Crippen MR) is 194 cm³/mol. The van der Waals surface area contributed by atoms with Crippen molar-refractivity contribution >= 4 is 39.9 Å². The van der Waals surface area contributed by atoms with Crippen molar-refractivity contribution in [3.05, 3.63) is 35.1 Å². The van der Waals surface area contributed by atoms with Crippen LogP contribution in [0.5, 0.6) is 0 Å². The predicted octanol–water partition coefficient (Wildman–Crippen LogP) is 4.54. The fourth-order valence-corrected chi connectivity index (χ4v) is 10.1. The molecule has 3 aliphatic heterocycles. The molecule has 5 aliphatic rings. The molecule has 3 heterocycles. The summed E-state index contributed by atoms with van der Waals surface area (Å²) in [5.41, 5.74) is -1.27. The Balaban J connectivity index is 1.25. The summed E-state index contributed by atoms with van der Waals surface area (Å²) >= 11 is 0. The summed E-state index contributed by atoms with van der Waals surface area (Å²) < 4.78 is 54.0. The SMILES string of the molecule is CCCC1(S(=O)(=O)NC(=O)[C@@]23C[C@@H]2CCCCCCC[C@H](NC(=O)OC(C)(C)C)C(=O)N2C[C@H](OC(=O)N4Cc5cccc(F)c5C4)C[C@H]2C(=O)N3)CC1. The highest BCUT2D eigenvalue weighted by Crippen LogP contribution is 2.50. The lowest BCUT2D eigenvalue weighted by atomic mass is 10.0. The van der Waals surface area contributed by atoms with Crippen molar-refractivity contribution in [1.82, 2.24) is 25.2 Å². The van der Waals surface area contributed by atoms with Gasteiger partial charge in [0.2, 0.25) is 21.8 Å². The van der Waals surface area contributed by atoms with E-state index in [4.69, 9.17) is 9.47 Å². The fourth-order valence-electron chi connectivity index (χ4n) is 8.32. The minimum Gasteiger partial charge on any atom is -0.444 e. The first-order valence-corrected chi connectivity index (χ1v) is 20.9. The highest BCUT2D eigenvalue weighted by molar-refractivity contribution is 7.91. The van der Waals surface area contributed by atoms with Gasteiger partial charge in [-0.1, -0.05) is 57.6 Å².